The van der Waals surface area contributed by atoms with Crippen LogP contribution in [0.1, 0.15) is 32.8 Å². The Balaban J connectivity index is 1.81. The molecule has 1 aromatic heterocycles. The van der Waals surface area contributed by atoms with Gasteiger partial charge in [0.1, 0.15) is 28.8 Å². The Labute approximate surface area is 163 Å². The normalized spacial score (nSPS) is 18.6. The van der Waals surface area contributed by atoms with Crippen molar-refractivity contribution in [3.05, 3.63) is 64.2 Å². The summed E-state index contributed by atoms with van der Waals surface area (Å²) in [5, 5.41) is 0.793. The number of ether oxygens (including phenoxy) is 3. The molecule has 0 aliphatic carbocycles. The Morgan fingerprint density at radius 2 is 2.07 bits per heavy atom. The number of hydrogen-bond donors (Lipinski definition) is 0. The molecule has 0 N–H and O–H groups in total. The summed E-state index contributed by atoms with van der Waals surface area (Å²) >= 11 is 0. The highest BCUT2D eigenvalue weighted by Gasteiger charge is 2.39. The van der Waals surface area contributed by atoms with Crippen LogP contribution in [0.5, 0.6) is 5.75 Å². The van der Waals surface area contributed by atoms with E-state index in [1.165, 1.54) is 12.1 Å². The van der Waals surface area contributed by atoms with Crippen LogP contribution in [0.2, 0.25) is 0 Å². The number of fused-ring (bicyclic) bond motifs is 2. The van der Waals surface area contributed by atoms with E-state index in [9.17, 15) is 9.59 Å². The van der Waals surface area contributed by atoms with Gasteiger partial charge < -0.3 is 18.6 Å². The van der Waals surface area contributed by atoms with E-state index in [4.69, 9.17) is 18.6 Å². The minimum Gasteiger partial charge on any atom is -0.497 e. The monoisotopic (exact) mass is 384 g/mol. The third kappa shape index (κ3) is 4.27. The lowest BCUT2D eigenvalue weighted by molar-refractivity contribution is -0.155. The largest absolute Gasteiger partial charge is 0.497 e. The molecule has 0 unspecified atom stereocenters. The predicted molar refractivity (Wildman–Crippen MR) is 105 cm³/mol. The van der Waals surface area contributed by atoms with Crippen LogP contribution in [-0.2, 0) is 20.7 Å². The second kappa shape index (κ2) is 7.92. The second-order valence-electron chi connectivity index (χ2n) is 7.14. The third-order valence-electron chi connectivity index (χ3n) is 4.64. The minimum absolute atomic E-state index is 0.409. The highest BCUT2D eigenvalue weighted by molar-refractivity contribution is 5.83. The molecule has 1 aromatic carbocycles. The summed E-state index contributed by atoms with van der Waals surface area (Å²) < 4.78 is 22.1. The zero-order chi connectivity index (χ0) is 20.3. The Morgan fingerprint density at radius 3 is 2.79 bits per heavy atom. The van der Waals surface area contributed by atoms with Crippen LogP contribution in [0.15, 0.2) is 57.5 Å². The van der Waals surface area contributed by atoms with Gasteiger partial charge in [0.2, 0.25) is 0 Å². The zero-order valence-corrected chi connectivity index (χ0v) is 16.5. The summed E-state index contributed by atoms with van der Waals surface area (Å²) in [6.07, 6.45) is 5.65. The van der Waals surface area contributed by atoms with E-state index in [1.807, 2.05) is 32.9 Å². The van der Waals surface area contributed by atoms with Gasteiger partial charge in [-0.1, -0.05) is 6.92 Å². The maximum absolute atomic E-state index is 12.3. The first-order chi connectivity index (χ1) is 13.3. The van der Waals surface area contributed by atoms with Crippen molar-refractivity contribution in [1.82, 2.24) is 0 Å². The number of esters is 1. The Hall–Kier alpha value is -3.02. The van der Waals surface area contributed by atoms with Gasteiger partial charge in [-0.2, -0.15) is 0 Å². The molecule has 2 aromatic rings. The topological polar surface area (TPSA) is 75.0 Å². The van der Waals surface area contributed by atoms with Crippen molar-refractivity contribution >= 4 is 16.9 Å². The van der Waals surface area contributed by atoms with Gasteiger partial charge in [0.25, 0.3) is 0 Å². The van der Waals surface area contributed by atoms with Crippen LogP contribution < -0.4 is 10.4 Å². The number of hydrogen-bond acceptors (Lipinski definition) is 6. The fourth-order valence-electron chi connectivity index (χ4n) is 3.13. The molecular weight excluding hydrogens is 360 g/mol. The van der Waals surface area contributed by atoms with E-state index in [2.05, 4.69) is 0 Å². The first-order valence-electron chi connectivity index (χ1n) is 9.21. The van der Waals surface area contributed by atoms with E-state index in [0.717, 1.165) is 17.4 Å². The second-order valence-corrected chi connectivity index (χ2v) is 7.14. The van der Waals surface area contributed by atoms with E-state index < -0.39 is 23.3 Å². The molecule has 0 fully saturated rings. The van der Waals surface area contributed by atoms with Gasteiger partial charge in [-0.25, -0.2) is 9.59 Å². The Morgan fingerprint density at radius 1 is 1.29 bits per heavy atom. The van der Waals surface area contributed by atoms with Crippen molar-refractivity contribution in [2.45, 2.75) is 45.3 Å². The van der Waals surface area contributed by atoms with Gasteiger partial charge in [0.05, 0.1) is 7.11 Å². The Kier molecular flexibility index (Phi) is 5.58. The molecule has 0 bridgehead atoms. The van der Waals surface area contributed by atoms with E-state index in [0.29, 0.717) is 23.5 Å². The molecule has 148 valence electrons. The van der Waals surface area contributed by atoms with Crippen LogP contribution in [-0.4, -0.2) is 24.8 Å². The summed E-state index contributed by atoms with van der Waals surface area (Å²) in [4.78, 5) is 23.7. The van der Waals surface area contributed by atoms with Gasteiger partial charge in [-0.3, -0.25) is 0 Å². The van der Waals surface area contributed by atoms with E-state index >= 15 is 0 Å². The summed E-state index contributed by atoms with van der Waals surface area (Å²) in [5.41, 5.74) is 0.220. The molecule has 1 aliphatic rings. The van der Waals surface area contributed by atoms with Gasteiger partial charge in [0.15, 0.2) is 0 Å². The number of methoxy groups -OCH3 is 1. The first-order valence-corrected chi connectivity index (χ1v) is 9.21. The maximum Gasteiger partial charge on any atom is 0.336 e. The molecular formula is C22H24O6. The standard InChI is InChI=1S/C22H24O6/c1-5-6-16(25-4)8-10-21(24)27-19-12-15-11-14-7-9-20(23)26-17(14)13-18(15)28-22(19,2)3/h6-11,13,19H,5,12H2,1-4H3/b10-8+,16-6-/t19-/m0/s1. The molecule has 0 radical (unpaired) electrons. The lowest BCUT2D eigenvalue weighted by atomic mass is 9.90. The molecule has 1 atom stereocenters. The highest BCUT2D eigenvalue weighted by Crippen LogP contribution is 2.37. The van der Waals surface area contributed by atoms with Crippen LogP contribution >= 0.6 is 0 Å². The van der Waals surface area contributed by atoms with Crippen molar-refractivity contribution in [3.8, 4) is 5.75 Å². The molecule has 0 saturated heterocycles. The number of carbonyl (C=O) groups is 1. The van der Waals surface area contributed by atoms with Gasteiger partial charge >= 0.3 is 11.6 Å². The average Bonchev–Trinajstić information content (AvgIpc) is 2.64. The molecule has 6 heteroatoms. The lowest BCUT2D eigenvalue weighted by Crippen LogP contribution is -2.48. The summed E-state index contributed by atoms with van der Waals surface area (Å²) in [6, 6.07) is 6.69. The fraction of sp³-hybridized carbons (Fsp3) is 0.364. The smallest absolute Gasteiger partial charge is 0.336 e. The molecule has 0 saturated carbocycles. The summed E-state index contributed by atoms with van der Waals surface area (Å²) in [5.74, 6) is 0.773. The number of carbonyl (C=O) groups excluding carboxylic acids is 1. The van der Waals surface area contributed by atoms with Crippen LogP contribution in [0.3, 0.4) is 0 Å². The highest BCUT2D eigenvalue weighted by atomic mass is 16.6. The van der Waals surface area contributed by atoms with Crippen molar-refractivity contribution in [2.24, 2.45) is 0 Å². The molecule has 0 spiro atoms. The molecule has 3 rings (SSSR count). The SMILES string of the molecule is CC/C=C(/C=C/C(=O)O[C@H]1Cc2cc3ccc(=O)oc3cc2OC1(C)C)OC. The number of benzene rings is 1. The summed E-state index contributed by atoms with van der Waals surface area (Å²) in [7, 11) is 1.55. The van der Waals surface area contributed by atoms with E-state index in [-0.39, 0.29) is 0 Å². The molecule has 0 amide bonds. The first kappa shape index (κ1) is 19.7. The van der Waals surface area contributed by atoms with Crippen LogP contribution in [0.4, 0.5) is 0 Å². The predicted octanol–water partition coefficient (Wildman–Crippen LogP) is 3.91. The van der Waals surface area contributed by atoms with Crippen molar-refractivity contribution in [3.63, 3.8) is 0 Å². The van der Waals surface area contributed by atoms with E-state index in [1.54, 1.807) is 25.3 Å². The zero-order valence-electron chi connectivity index (χ0n) is 16.5. The van der Waals surface area contributed by atoms with Gasteiger partial charge in [-0.15, -0.1) is 0 Å². The maximum atomic E-state index is 12.3. The molecule has 1 aliphatic heterocycles. The quantitative estimate of drug-likeness (QED) is 0.256. The number of rotatable bonds is 5. The fourth-order valence-corrected chi connectivity index (χ4v) is 3.13. The van der Waals surface area contributed by atoms with Crippen LogP contribution in [0, 0.1) is 0 Å². The minimum atomic E-state index is -0.734. The van der Waals surface area contributed by atoms with Crippen molar-refractivity contribution in [2.75, 3.05) is 7.11 Å². The third-order valence-corrected chi connectivity index (χ3v) is 4.64. The molecule has 28 heavy (non-hydrogen) atoms. The van der Waals surface area contributed by atoms with Gasteiger partial charge in [0, 0.05) is 30.0 Å². The molecule has 2 heterocycles. The average molecular weight is 384 g/mol. The Bertz CT molecular complexity index is 996. The summed E-state index contributed by atoms with van der Waals surface area (Å²) in [6.45, 7) is 5.71. The van der Waals surface area contributed by atoms with Crippen LogP contribution in [0.25, 0.3) is 11.0 Å². The number of allylic oxidation sites excluding steroid dienone is 2. The van der Waals surface area contributed by atoms with Crippen molar-refractivity contribution < 1.29 is 23.4 Å². The van der Waals surface area contributed by atoms with Gasteiger partial charge in [-0.05, 0) is 50.1 Å². The lowest BCUT2D eigenvalue weighted by Gasteiger charge is -2.39. The van der Waals surface area contributed by atoms with Crippen molar-refractivity contribution in [1.29, 1.82) is 0 Å². The molecule has 6 nitrogen and oxygen atoms in total.